The van der Waals surface area contributed by atoms with E-state index in [1.807, 2.05) is 0 Å². The van der Waals surface area contributed by atoms with Crippen LogP contribution in [0.5, 0.6) is 0 Å². The number of nitrogens with two attached hydrogens (primary N) is 2. The van der Waals surface area contributed by atoms with Gasteiger partial charge in [-0.25, -0.2) is 0 Å². The number of anilines is 1. The van der Waals surface area contributed by atoms with Crippen molar-refractivity contribution in [2.75, 3.05) is 5.73 Å². The lowest BCUT2D eigenvalue weighted by Crippen LogP contribution is -2.17. The zero-order valence-electron chi connectivity index (χ0n) is 7.39. The molecule has 1 atom stereocenters. The van der Waals surface area contributed by atoms with Crippen molar-refractivity contribution >= 4 is 28.3 Å². The average Bonchev–Trinajstić information content (AvgIpc) is 2.09. The summed E-state index contributed by atoms with van der Waals surface area (Å²) in [6.45, 7) is 0. The highest BCUT2D eigenvalue weighted by Gasteiger charge is 2.17. The predicted octanol–water partition coefficient (Wildman–Crippen LogP) is 2.21. The number of halogens is 1. The van der Waals surface area contributed by atoms with Crippen LogP contribution in [0.3, 0.4) is 0 Å². The van der Waals surface area contributed by atoms with Crippen molar-refractivity contribution < 1.29 is 0 Å². The molecule has 2 rings (SSSR count). The lowest BCUT2D eigenvalue weighted by atomic mass is 9.88. The van der Waals surface area contributed by atoms with E-state index >= 15 is 0 Å². The number of aryl methyl sites for hydroxylation is 1. The molecule has 0 aromatic heterocycles. The molecular weight excluding hydrogens is 275 g/mol. The quantitative estimate of drug-likeness (QED) is 0.568. The SMILES string of the molecule is Nc1cc2c(cc1I)[C@H](N)CCC2. The standard InChI is InChI=1S/C10H13IN2/c11-8-5-7-6(4-10(8)13)2-1-3-9(7)12/h4-5,9H,1-3,12-13H2/t9-/m1/s1. The molecule has 4 N–H and O–H groups in total. The van der Waals surface area contributed by atoms with E-state index in [2.05, 4.69) is 34.7 Å². The normalized spacial score (nSPS) is 21.2. The van der Waals surface area contributed by atoms with Gasteiger partial charge in [-0.3, -0.25) is 0 Å². The summed E-state index contributed by atoms with van der Waals surface area (Å²) >= 11 is 2.26. The van der Waals surface area contributed by atoms with Crippen molar-refractivity contribution in [2.24, 2.45) is 5.73 Å². The first kappa shape index (κ1) is 9.27. The molecule has 0 aliphatic heterocycles. The molecule has 0 fully saturated rings. The minimum Gasteiger partial charge on any atom is -0.398 e. The van der Waals surface area contributed by atoms with Crippen molar-refractivity contribution in [3.05, 3.63) is 26.8 Å². The Bertz CT molecular complexity index is 336. The molecule has 1 aliphatic rings. The zero-order chi connectivity index (χ0) is 9.42. The molecule has 0 bridgehead atoms. The molecule has 0 radical (unpaired) electrons. The molecule has 0 amide bonds. The summed E-state index contributed by atoms with van der Waals surface area (Å²) in [7, 11) is 0. The molecule has 0 saturated carbocycles. The fraction of sp³-hybridized carbons (Fsp3) is 0.400. The van der Waals surface area contributed by atoms with Crippen LogP contribution >= 0.6 is 22.6 Å². The van der Waals surface area contributed by atoms with Crippen molar-refractivity contribution in [3.8, 4) is 0 Å². The molecule has 13 heavy (non-hydrogen) atoms. The molecule has 70 valence electrons. The Morgan fingerprint density at radius 1 is 1.38 bits per heavy atom. The van der Waals surface area contributed by atoms with Crippen LogP contribution in [-0.2, 0) is 6.42 Å². The highest BCUT2D eigenvalue weighted by Crippen LogP contribution is 2.31. The van der Waals surface area contributed by atoms with Crippen molar-refractivity contribution in [3.63, 3.8) is 0 Å². The Kier molecular flexibility index (Phi) is 2.47. The smallest absolute Gasteiger partial charge is 0.0452 e. The van der Waals surface area contributed by atoms with Gasteiger partial charge in [0.05, 0.1) is 0 Å². The fourth-order valence-electron chi connectivity index (χ4n) is 1.88. The van der Waals surface area contributed by atoms with Crippen molar-refractivity contribution in [1.29, 1.82) is 0 Å². The third-order valence-electron chi connectivity index (χ3n) is 2.62. The first-order valence-electron chi connectivity index (χ1n) is 4.52. The van der Waals surface area contributed by atoms with Crippen LogP contribution in [0.2, 0.25) is 0 Å². The Morgan fingerprint density at radius 2 is 2.15 bits per heavy atom. The van der Waals surface area contributed by atoms with E-state index in [9.17, 15) is 0 Å². The van der Waals surface area contributed by atoms with Gasteiger partial charge in [-0.1, -0.05) is 0 Å². The van der Waals surface area contributed by atoms with Crippen LogP contribution in [0, 0.1) is 3.57 Å². The van der Waals surface area contributed by atoms with Gasteiger partial charge in [-0.15, -0.1) is 0 Å². The third-order valence-corrected chi connectivity index (χ3v) is 3.55. The molecule has 1 aromatic rings. The highest BCUT2D eigenvalue weighted by molar-refractivity contribution is 14.1. The van der Waals surface area contributed by atoms with E-state index in [-0.39, 0.29) is 6.04 Å². The maximum absolute atomic E-state index is 6.02. The first-order chi connectivity index (χ1) is 6.18. The average molecular weight is 288 g/mol. The second-order valence-electron chi connectivity index (χ2n) is 3.57. The number of hydrogen-bond donors (Lipinski definition) is 2. The monoisotopic (exact) mass is 288 g/mol. The van der Waals surface area contributed by atoms with Crippen LogP contribution in [-0.4, -0.2) is 0 Å². The van der Waals surface area contributed by atoms with Gasteiger partial charge in [0.15, 0.2) is 0 Å². The lowest BCUT2D eigenvalue weighted by Gasteiger charge is -2.22. The Labute approximate surface area is 91.8 Å². The Morgan fingerprint density at radius 3 is 2.92 bits per heavy atom. The summed E-state index contributed by atoms with van der Waals surface area (Å²) in [6.07, 6.45) is 3.42. The van der Waals surface area contributed by atoms with E-state index in [1.165, 1.54) is 17.5 Å². The second-order valence-corrected chi connectivity index (χ2v) is 4.73. The molecule has 1 aromatic carbocycles. The number of rotatable bonds is 0. The molecule has 1 aliphatic carbocycles. The topological polar surface area (TPSA) is 52.0 Å². The Balaban J connectivity index is 2.52. The van der Waals surface area contributed by atoms with Gasteiger partial charge in [-0.05, 0) is 65.1 Å². The molecule has 0 spiro atoms. The number of nitrogen functional groups attached to an aromatic ring is 1. The van der Waals surface area contributed by atoms with Gasteiger partial charge in [0, 0.05) is 15.3 Å². The van der Waals surface area contributed by atoms with E-state index < -0.39 is 0 Å². The first-order valence-corrected chi connectivity index (χ1v) is 5.59. The van der Waals surface area contributed by atoms with E-state index in [0.29, 0.717) is 0 Å². The molecule has 2 nitrogen and oxygen atoms in total. The molecule has 0 unspecified atom stereocenters. The minimum absolute atomic E-state index is 0.220. The minimum atomic E-state index is 0.220. The molecule has 3 heteroatoms. The summed E-state index contributed by atoms with van der Waals surface area (Å²) in [6, 6.07) is 4.43. The zero-order valence-corrected chi connectivity index (χ0v) is 9.54. The van der Waals surface area contributed by atoms with Gasteiger partial charge in [0.25, 0.3) is 0 Å². The Hall–Kier alpha value is -0.290. The molecule has 0 heterocycles. The highest BCUT2D eigenvalue weighted by atomic mass is 127. The fourth-order valence-corrected chi connectivity index (χ4v) is 2.37. The molecular formula is C10H13IN2. The van der Waals surface area contributed by atoms with E-state index in [4.69, 9.17) is 11.5 Å². The van der Waals surface area contributed by atoms with E-state index in [1.54, 1.807) is 0 Å². The maximum atomic E-state index is 6.02. The summed E-state index contributed by atoms with van der Waals surface area (Å²) in [5.41, 5.74) is 15.4. The second kappa shape index (κ2) is 3.46. The summed E-state index contributed by atoms with van der Waals surface area (Å²) in [5.74, 6) is 0. The van der Waals surface area contributed by atoms with Gasteiger partial charge in [-0.2, -0.15) is 0 Å². The molecule has 0 saturated heterocycles. The van der Waals surface area contributed by atoms with Crippen molar-refractivity contribution in [2.45, 2.75) is 25.3 Å². The van der Waals surface area contributed by atoms with Crippen molar-refractivity contribution in [1.82, 2.24) is 0 Å². The predicted molar refractivity (Wildman–Crippen MR) is 63.4 cm³/mol. The summed E-state index contributed by atoms with van der Waals surface area (Å²) in [5, 5.41) is 0. The lowest BCUT2D eigenvalue weighted by molar-refractivity contribution is 0.570. The van der Waals surface area contributed by atoms with Crippen LogP contribution < -0.4 is 11.5 Å². The van der Waals surface area contributed by atoms with Crippen LogP contribution in [0.25, 0.3) is 0 Å². The van der Waals surface area contributed by atoms with Crippen LogP contribution in [0.1, 0.15) is 30.0 Å². The van der Waals surface area contributed by atoms with Gasteiger partial charge in [0.1, 0.15) is 0 Å². The summed E-state index contributed by atoms with van der Waals surface area (Å²) in [4.78, 5) is 0. The van der Waals surface area contributed by atoms with Crippen LogP contribution in [0.15, 0.2) is 12.1 Å². The van der Waals surface area contributed by atoms with E-state index in [0.717, 1.165) is 22.1 Å². The van der Waals surface area contributed by atoms with Gasteiger partial charge < -0.3 is 11.5 Å². The van der Waals surface area contributed by atoms with Crippen LogP contribution in [0.4, 0.5) is 5.69 Å². The number of benzene rings is 1. The third kappa shape index (κ3) is 1.67. The maximum Gasteiger partial charge on any atom is 0.0452 e. The van der Waals surface area contributed by atoms with Gasteiger partial charge in [0.2, 0.25) is 0 Å². The summed E-state index contributed by atoms with van der Waals surface area (Å²) < 4.78 is 1.12. The largest absolute Gasteiger partial charge is 0.398 e. The number of fused-ring (bicyclic) bond motifs is 1. The van der Waals surface area contributed by atoms with Gasteiger partial charge >= 0.3 is 0 Å². The number of hydrogen-bond acceptors (Lipinski definition) is 2.